The van der Waals surface area contributed by atoms with Gasteiger partial charge in [-0.15, -0.1) is 0 Å². The molecule has 2 rings (SSSR count). The molecule has 96 valence electrons. The van der Waals surface area contributed by atoms with Crippen LogP contribution in [0.4, 0.5) is 0 Å². The van der Waals surface area contributed by atoms with Gasteiger partial charge in [0.25, 0.3) is 0 Å². The van der Waals surface area contributed by atoms with Gasteiger partial charge in [-0.05, 0) is 52.3 Å². The van der Waals surface area contributed by atoms with Gasteiger partial charge in [-0.2, -0.15) is 0 Å². The van der Waals surface area contributed by atoms with Crippen LogP contribution in [0.2, 0.25) is 5.02 Å². The second kappa shape index (κ2) is 6.24. The molecule has 0 aliphatic heterocycles. The Balaban J connectivity index is 2.48. The second-order valence-electron chi connectivity index (χ2n) is 3.79. The molecule has 0 saturated carbocycles. The first kappa shape index (κ1) is 14.1. The number of rotatable bonds is 4. The number of nitrogens with one attached hydrogen (secondary N) is 1. The number of halogens is 3. The van der Waals surface area contributed by atoms with E-state index in [1.807, 2.05) is 24.3 Å². The Morgan fingerprint density at radius 1 is 1.33 bits per heavy atom. The van der Waals surface area contributed by atoms with E-state index in [-0.39, 0.29) is 6.04 Å². The van der Waals surface area contributed by atoms with E-state index in [1.165, 1.54) is 0 Å². The van der Waals surface area contributed by atoms with Gasteiger partial charge in [0.05, 0.1) is 16.8 Å². The van der Waals surface area contributed by atoms with Gasteiger partial charge in [-0.3, -0.25) is 0 Å². The minimum Gasteiger partial charge on any atom is -0.466 e. The molecule has 0 fully saturated rings. The third kappa shape index (κ3) is 2.99. The zero-order chi connectivity index (χ0) is 13.1. The molecule has 0 aliphatic rings. The lowest BCUT2D eigenvalue weighted by molar-refractivity contribution is 0.450. The first-order chi connectivity index (χ1) is 8.63. The van der Waals surface area contributed by atoms with E-state index in [9.17, 15) is 0 Å². The predicted octanol–water partition coefficient (Wildman–Crippen LogP) is 5.16. The summed E-state index contributed by atoms with van der Waals surface area (Å²) in [5.74, 6) is 0.830. The van der Waals surface area contributed by atoms with E-state index in [0.29, 0.717) is 5.02 Å². The van der Waals surface area contributed by atoms with Crippen molar-refractivity contribution >= 4 is 43.5 Å². The average molecular weight is 394 g/mol. The Labute approximate surface area is 128 Å². The Kier molecular flexibility index (Phi) is 4.90. The highest BCUT2D eigenvalue weighted by Crippen LogP contribution is 2.34. The highest BCUT2D eigenvalue weighted by atomic mass is 79.9. The largest absolute Gasteiger partial charge is 0.466 e. The van der Waals surface area contributed by atoms with Crippen molar-refractivity contribution in [3.05, 3.63) is 55.8 Å². The smallest absolute Gasteiger partial charge is 0.139 e. The van der Waals surface area contributed by atoms with Crippen LogP contribution in [-0.4, -0.2) is 6.54 Å². The van der Waals surface area contributed by atoms with E-state index in [0.717, 1.165) is 26.8 Å². The SMILES string of the molecule is CCNC(c1cc(Br)ccc1Cl)c1occc1Br. The maximum absolute atomic E-state index is 6.28. The molecule has 0 bridgehead atoms. The van der Waals surface area contributed by atoms with E-state index >= 15 is 0 Å². The van der Waals surface area contributed by atoms with Gasteiger partial charge in [-0.25, -0.2) is 0 Å². The molecule has 1 aromatic carbocycles. The van der Waals surface area contributed by atoms with Crippen molar-refractivity contribution in [3.63, 3.8) is 0 Å². The topological polar surface area (TPSA) is 25.2 Å². The Bertz CT molecular complexity index is 542. The summed E-state index contributed by atoms with van der Waals surface area (Å²) in [4.78, 5) is 0. The maximum Gasteiger partial charge on any atom is 0.139 e. The molecule has 0 amide bonds. The van der Waals surface area contributed by atoms with Crippen molar-refractivity contribution in [1.82, 2.24) is 5.32 Å². The summed E-state index contributed by atoms with van der Waals surface area (Å²) >= 11 is 13.2. The standard InChI is InChI=1S/C13H12Br2ClNO/c1-2-17-12(13-10(15)5-6-18-13)9-7-8(14)3-4-11(9)16/h3-7,12,17H,2H2,1H3. The third-order valence-electron chi connectivity index (χ3n) is 2.58. The summed E-state index contributed by atoms with van der Waals surface area (Å²) in [6.45, 7) is 2.87. The predicted molar refractivity (Wildman–Crippen MR) is 81.1 cm³/mol. The molecule has 1 heterocycles. The van der Waals surface area contributed by atoms with Gasteiger partial charge in [0.1, 0.15) is 5.76 Å². The van der Waals surface area contributed by atoms with Gasteiger partial charge in [0, 0.05) is 9.50 Å². The summed E-state index contributed by atoms with van der Waals surface area (Å²) in [6, 6.07) is 7.62. The van der Waals surface area contributed by atoms with Crippen molar-refractivity contribution in [2.45, 2.75) is 13.0 Å². The molecule has 1 atom stereocenters. The van der Waals surface area contributed by atoms with E-state index in [4.69, 9.17) is 16.0 Å². The summed E-state index contributed by atoms with van der Waals surface area (Å²) in [5.41, 5.74) is 0.989. The van der Waals surface area contributed by atoms with Gasteiger partial charge in [0.15, 0.2) is 0 Å². The molecule has 2 aromatic rings. The van der Waals surface area contributed by atoms with Crippen LogP contribution in [0.5, 0.6) is 0 Å². The van der Waals surface area contributed by atoms with Crippen molar-refractivity contribution < 1.29 is 4.42 Å². The molecule has 0 radical (unpaired) electrons. The van der Waals surface area contributed by atoms with Gasteiger partial charge < -0.3 is 9.73 Å². The lowest BCUT2D eigenvalue weighted by atomic mass is 10.0. The van der Waals surface area contributed by atoms with E-state index < -0.39 is 0 Å². The normalized spacial score (nSPS) is 12.7. The lowest BCUT2D eigenvalue weighted by Gasteiger charge is -2.18. The molecule has 0 spiro atoms. The highest BCUT2D eigenvalue weighted by Gasteiger charge is 2.21. The molecular formula is C13H12Br2ClNO. The molecule has 1 unspecified atom stereocenters. The molecule has 0 saturated heterocycles. The zero-order valence-electron chi connectivity index (χ0n) is 9.71. The van der Waals surface area contributed by atoms with E-state index in [1.54, 1.807) is 6.26 Å². The Hall–Kier alpha value is -0.290. The molecule has 1 aromatic heterocycles. The number of furan rings is 1. The minimum atomic E-state index is -0.0654. The molecule has 18 heavy (non-hydrogen) atoms. The zero-order valence-corrected chi connectivity index (χ0v) is 13.6. The molecule has 5 heteroatoms. The van der Waals surface area contributed by atoms with Gasteiger partial charge in [0.2, 0.25) is 0 Å². The molecule has 1 N–H and O–H groups in total. The highest BCUT2D eigenvalue weighted by molar-refractivity contribution is 9.10. The van der Waals surface area contributed by atoms with Crippen LogP contribution in [-0.2, 0) is 0 Å². The summed E-state index contributed by atoms with van der Waals surface area (Å²) in [6.07, 6.45) is 1.66. The molecule has 0 aliphatic carbocycles. The van der Waals surface area contributed by atoms with Gasteiger partial charge >= 0.3 is 0 Å². The maximum atomic E-state index is 6.28. The molecule has 2 nitrogen and oxygen atoms in total. The van der Waals surface area contributed by atoms with E-state index in [2.05, 4.69) is 44.1 Å². The third-order valence-corrected chi connectivity index (χ3v) is 4.08. The van der Waals surface area contributed by atoms with Crippen LogP contribution in [0, 0.1) is 0 Å². The van der Waals surface area contributed by atoms with Crippen LogP contribution in [0.3, 0.4) is 0 Å². The van der Waals surface area contributed by atoms with Crippen LogP contribution >= 0.6 is 43.5 Å². The van der Waals surface area contributed by atoms with Crippen LogP contribution in [0.15, 0.2) is 43.9 Å². The van der Waals surface area contributed by atoms with Crippen molar-refractivity contribution in [2.24, 2.45) is 0 Å². The fourth-order valence-electron chi connectivity index (χ4n) is 1.80. The summed E-state index contributed by atoms with van der Waals surface area (Å²) < 4.78 is 7.47. The van der Waals surface area contributed by atoms with Crippen molar-refractivity contribution in [3.8, 4) is 0 Å². The van der Waals surface area contributed by atoms with Gasteiger partial charge in [-0.1, -0.05) is 34.5 Å². The summed E-state index contributed by atoms with van der Waals surface area (Å²) in [7, 11) is 0. The van der Waals surface area contributed by atoms with Crippen LogP contribution in [0.25, 0.3) is 0 Å². The Morgan fingerprint density at radius 3 is 2.72 bits per heavy atom. The average Bonchev–Trinajstić information content (AvgIpc) is 2.76. The number of hydrogen-bond donors (Lipinski definition) is 1. The first-order valence-electron chi connectivity index (χ1n) is 5.54. The fourth-order valence-corrected chi connectivity index (χ4v) is 2.83. The monoisotopic (exact) mass is 391 g/mol. The van der Waals surface area contributed by atoms with Crippen LogP contribution < -0.4 is 5.32 Å². The molecular weight excluding hydrogens is 381 g/mol. The van der Waals surface area contributed by atoms with Crippen molar-refractivity contribution in [2.75, 3.05) is 6.54 Å². The lowest BCUT2D eigenvalue weighted by Crippen LogP contribution is -2.22. The second-order valence-corrected chi connectivity index (χ2v) is 5.97. The quantitative estimate of drug-likeness (QED) is 0.776. The number of hydrogen-bond acceptors (Lipinski definition) is 2. The van der Waals surface area contributed by atoms with Crippen LogP contribution in [0.1, 0.15) is 24.3 Å². The Morgan fingerprint density at radius 2 is 2.11 bits per heavy atom. The fraction of sp³-hybridized carbons (Fsp3) is 0.231. The first-order valence-corrected chi connectivity index (χ1v) is 7.51. The van der Waals surface area contributed by atoms with Crippen molar-refractivity contribution in [1.29, 1.82) is 0 Å². The minimum absolute atomic E-state index is 0.0654. The number of benzene rings is 1. The summed E-state index contributed by atoms with van der Waals surface area (Å²) in [5, 5.41) is 4.10.